The number of aromatic nitrogens is 2. The van der Waals surface area contributed by atoms with Crippen molar-refractivity contribution in [2.45, 2.75) is 32.9 Å². The van der Waals surface area contributed by atoms with Gasteiger partial charge in [-0.3, -0.25) is 0 Å². The fourth-order valence-electron chi connectivity index (χ4n) is 3.28. The maximum Gasteiger partial charge on any atom is 0.139 e. The molecule has 0 spiro atoms. The molecule has 0 saturated heterocycles. The summed E-state index contributed by atoms with van der Waals surface area (Å²) in [6.45, 7) is 2.06. The van der Waals surface area contributed by atoms with Gasteiger partial charge in [0.15, 0.2) is 0 Å². The smallest absolute Gasteiger partial charge is 0.139 e. The van der Waals surface area contributed by atoms with Crippen LogP contribution in [0.15, 0.2) is 79.0 Å². The third-order valence-corrected chi connectivity index (χ3v) is 4.86. The summed E-state index contributed by atoms with van der Waals surface area (Å²) in [6, 6.07) is 22.0. The molecule has 1 aromatic heterocycles. The molecule has 150 valence electrons. The first kappa shape index (κ1) is 20.6. The molecule has 0 aliphatic rings. The Morgan fingerprint density at radius 1 is 1.03 bits per heavy atom. The minimum absolute atomic E-state index is 0. The number of hydrogen-bond donors (Lipinski definition) is 1. The Bertz CT molecular complexity index is 1060. The van der Waals surface area contributed by atoms with Gasteiger partial charge in [0.05, 0.1) is 17.4 Å². The van der Waals surface area contributed by atoms with Crippen LogP contribution in [0.2, 0.25) is 0 Å². The quantitative estimate of drug-likeness (QED) is 0.461. The van der Waals surface area contributed by atoms with Crippen molar-refractivity contribution < 1.29 is 9.13 Å². The van der Waals surface area contributed by atoms with Crippen molar-refractivity contribution >= 4 is 10.9 Å². The number of rotatable bonds is 6. The second-order valence-electron chi connectivity index (χ2n) is 6.77. The van der Waals surface area contributed by atoms with Gasteiger partial charge in [-0.15, -0.1) is 0 Å². The number of fused-ring (bicyclic) bond motifs is 1. The lowest BCUT2D eigenvalue weighted by Crippen LogP contribution is -2.31. The zero-order valence-electron chi connectivity index (χ0n) is 15.6. The van der Waals surface area contributed by atoms with Crippen molar-refractivity contribution in [2.24, 2.45) is 5.73 Å². The molecular weight excluding hydrogens is 365 g/mol. The molecule has 0 bridgehead atoms. The molecule has 0 unspecified atom stereocenters. The highest BCUT2D eigenvalue weighted by atomic mass is 19.1. The van der Waals surface area contributed by atoms with E-state index in [9.17, 15) is 4.39 Å². The van der Waals surface area contributed by atoms with Gasteiger partial charge in [-0.2, -0.15) is 5.10 Å². The lowest BCUT2D eigenvalue weighted by atomic mass is 10.0. The molecule has 0 saturated carbocycles. The molecule has 4 nitrogen and oxygen atoms in total. The summed E-state index contributed by atoms with van der Waals surface area (Å²) < 4.78 is 21.3. The van der Waals surface area contributed by atoms with Crippen LogP contribution in [0.3, 0.4) is 0 Å². The summed E-state index contributed by atoms with van der Waals surface area (Å²) in [7, 11) is 0. The minimum atomic E-state index is -0.268. The van der Waals surface area contributed by atoms with Gasteiger partial charge in [0.2, 0.25) is 0 Å². The fourth-order valence-corrected chi connectivity index (χ4v) is 3.28. The van der Waals surface area contributed by atoms with E-state index in [2.05, 4.69) is 12.0 Å². The van der Waals surface area contributed by atoms with Gasteiger partial charge in [-0.1, -0.05) is 44.7 Å². The average Bonchev–Trinajstić information content (AvgIpc) is 3.16. The van der Waals surface area contributed by atoms with Gasteiger partial charge in [0.1, 0.15) is 17.7 Å². The summed E-state index contributed by atoms with van der Waals surface area (Å²) in [4.78, 5) is 0. The topological polar surface area (TPSA) is 53.1 Å². The standard InChI is InChI=1S/C23H22FN3O.CH4/c1-2-21(25)23(16-6-4-3-5-7-16)28-20-12-13-22-17(14-20)15-26-27(22)19-10-8-18(24)9-11-19;/h3-15,21,23H,2,25H2,1H3;1H4/t21-,23+;/m0./s1. The lowest BCUT2D eigenvalue weighted by Gasteiger charge is -2.25. The molecule has 3 aromatic carbocycles. The van der Waals surface area contributed by atoms with Crippen molar-refractivity contribution in [3.8, 4) is 11.4 Å². The predicted molar refractivity (Wildman–Crippen MR) is 116 cm³/mol. The van der Waals surface area contributed by atoms with Gasteiger partial charge in [-0.05, 0) is 54.4 Å². The van der Waals surface area contributed by atoms with E-state index in [-0.39, 0.29) is 25.4 Å². The molecule has 0 aliphatic heterocycles. The zero-order valence-corrected chi connectivity index (χ0v) is 15.6. The Morgan fingerprint density at radius 3 is 2.45 bits per heavy atom. The van der Waals surface area contributed by atoms with Crippen LogP contribution in [0.4, 0.5) is 4.39 Å². The van der Waals surface area contributed by atoms with Crippen LogP contribution in [0.25, 0.3) is 16.6 Å². The Morgan fingerprint density at radius 2 is 1.76 bits per heavy atom. The van der Waals surface area contributed by atoms with E-state index in [1.54, 1.807) is 23.0 Å². The normalized spacial score (nSPS) is 12.9. The molecular formula is C24H26FN3O. The van der Waals surface area contributed by atoms with Gasteiger partial charge >= 0.3 is 0 Å². The average molecular weight is 391 g/mol. The molecule has 0 fully saturated rings. The highest BCUT2D eigenvalue weighted by Crippen LogP contribution is 2.29. The summed E-state index contributed by atoms with van der Waals surface area (Å²) >= 11 is 0. The van der Waals surface area contributed by atoms with Crippen LogP contribution in [0.5, 0.6) is 5.75 Å². The molecule has 0 radical (unpaired) electrons. The van der Waals surface area contributed by atoms with Gasteiger partial charge in [0.25, 0.3) is 0 Å². The number of hydrogen-bond acceptors (Lipinski definition) is 3. The maximum atomic E-state index is 13.2. The molecule has 0 amide bonds. The van der Waals surface area contributed by atoms with E-state index < -0.39 is 0 Å². The molecule has 2 N–H and O–H groups in total. The Kier molecular flexibility index (Phi) is 6.29. The number of ether oxygens (including phenoxy) is 1. The van der Waals surface area contributed by atoms with Crippen LogP contribution in [-0.4, -0.2) is 15.8 Å². The number of halogens is 1. The SMILES string of the molecule is C.CC[C@H](N)[C@H](Oc1ccc2c(cnn2-c2ccc(F)cc2)c1)c1ccccc1. The first-order chi connectivity index (χ1) is 13.7. The van der Waals surface area contributed by atoms with E-state index in [4.69, 9.17) is 10.5 Å². The minimum Gasteiger partial charge on any atom is -0.484 e. The summed E-state index contributed by atoms with van der Waals surface area (Å²) in [5.74, 6) is 0.471. The Balaban J connectivity index is 0.00000240. The third-order valence-electron chi connectivity index (χ3n) is 4.86. The van der Waals surface area contributed by atoms with Gasteiger partial charge < -0.3 is 10.5 Å². The summed E-state index contributed by atoms with van der Waals surface area (Å²) in [5.41, 5.74) is 9.12. The Labute approximate surface area is 170 Å². The van der Waals surface area contributed by atoms with Crippen LogP contribution in [0.1, 0.15) is 32.4 Å². The first-order valence-corrected chi connectivity index (χ1v) is 9.36. The number of benzene rings is 3. The molecule has 29 heavy (non-hydrogen) atoms. The van der Waals surface area contributed by atoms with Crippen molar-refractivity contribution in [3.63, 3.8) is 0 Å². The highest BCUT2D eigenvalue weighted by Gasteiger charge is 2.20. The lowest BCUT2D eigenvalue weighted by molar-refractivity contribution is 0.171. The van der Waals surface area contributed by atoms with Crippen molar-refractivity contribution in [3.05, 3.63) is 90.4 Å². The van der Waals surface area contributed by atoms with Crippen molar-refractivity contribution in [1.82, 2.24) is 9.78 Å². The largest absolute Gasteiger partial charge is 0.484 e. The second kappa shape index (κ2) is 8.88. The van der Waals surface area contributed by atoms with Crippen LogP contribution >= 0.6 is 0 Å². The van der Waals surface area contributed by atoms with E-state index in [1.165, 1.54) is 12.1 Å². The molecule has 5 heteroatoms. The van der Waals surface area contributed by atoms with E-state index >= 15 is 0 Å². The molecule has 4 rings (SSSR count). The van der Waals surface area contributed by atoms with Crippen LogP contribution < -0.4 is 10.5 Å². The van der Waals surface area contributed by atoms with Crippen molar-refractivity contribution in [2.75, 3.05) is 0 Å². The van der Waals surface area contributed by atoms with Crippen LogP contribution in [-0.2, 0) is 0 Å². The Hall–Kier alpha value is -3.18. The fraction of sp³-hybridized carbons (Fsp3) is 0.208. The highest BCUT2D eigenvalue weighted by molar-refractivity contribution is 5.81. The van der Waals surface area contributed by atoms with Gasteiger partial charge in [0, 0.05) is 11.4 Å². The maximum absolute atomic E-state index is 13.2. The van der Waals surface area contributed by atoms with E-state index in [1.807, 2.05) is 48.5 Å². The monoisotopic (exact) mass is 391 g/mol. The molecule has 2 atom stereocenters. The zero-order chi connectivity index (χ0) is 19.5. The molecule has 0 aliphatic carbocycles. The number of nitrogens with two attached hydrogens (primary N) is 1. The summed E-state index contributed by atoms with van der Waals surface area (Å²) in [6.07, 6.45) is 2.36. The molecule has 4 aromatic rings. The third kappa shape index (κ3) is 4.30. The van der Waals surface area contributed by atoms with Gasteiger partial charge in [-0.25, -0.2) is 9.07 Å². The van der Waals surface area contributed by atoms with E-state index in [0.29, 0.717) is 0 Å². The predicted octanol–water partition coefficient (Wildman–Crippen LogP) is 5.66. The number of nitrogens with zero attached hydrogens (tertiary/aromatic N) is 2. The van der Waals surface area contributed by atoms with E-state index in [0.717, 1.165) is 34.3 Å². The van der Waals surface area contributed by atoms with Crippen LogP contribution in [0, 0.1) is 5.82 Å². The van der Waals surface area contributed by atoms with Crippen molar-refractivity contribution in [1.29, 1.82) is 0 Å². The second-order valence-corrected chi connectivity index (χ2v) is 6.77. The summed E-state index contributed by atoms with van der Waals surface area (Å²) in [5, 5.41) is 5.38. The molecule has 1 heterocycles. The first-order valence-electron chi connectivity index (χ1n) is 9.36.